The molecule has 0 aromatic rings. The molecule has 0 bridgehead atoms. The van der Waals surface area contributed by atoms with Gasteiger partial charge in [-0.3, -0.25) is 0 Å². The van der Waals surface area contributed by atoms with Crippen LogP contribution in [0.1, 0.15) is 25.7 Å². The number of nitrogens with one attached hydrogen (secondary N) is 1. The second-order valence-electron chi connectivity index (χ2n) is 3.76. The smallest absolute Gasteiger partial charge is 0.0624 e. The molecule has 0 aromatic carbocycles. The summed E-state index contributed by atoms with van der Waals surface area (Å²) in [7, 11) is 0. The summed E-state index contributed by atoms with van der Waals surface area (Å²) in [6.07, 6.45) is 5.63. The lowest BCUT2D eigenvalue weighted by molar-refractivity contribution is -0.000786. The Labute approximate surface area is 74.7 Å². The minimum atomic E-state index is 1.07. The average molecular weight is 169 g/mol. The lowest BCUT2D eigenvalue weighted by Crippen LogP contribution is -2.42. The van der Waals surface area contributed by atoms with E-state index in [4.69, 9.17) is 0 Å². The monoisotopic (exact) mass is 169 g/mol. The number of hydrogen-bond donors (Lipinski definition) is 1. The van der Waals surface area contributed by atoms with Gasteiger partial charge in [0.2, 0.25) is 0 Å². The largest absolute Gasteiger partial charge is 0.302 e. The summed E-state index contributed by atoms with van der Waals surface area (Å²) in [6.45, 7) is 6.00. The highest BCUT2D eigenvalue weighted by molar-refractivity contribution is 4.67. The highest BCUT2D eigenvalue weighted by Gasteiger charge is 2.19. The molecule has 70 valence electrons. The van der Waals surface area contributed by atoms with E-state index in [1.165, 1.54) is 45.3 Å². The highest BCUT2D eigenvalue weighted by atomic mass is 15.7. The van der Waals surface area contributed by atoms with Gasteiger partial charge in [-0.1, -0.05) is 12.8 Å². The second-order valence-corrected chi connectivity index (χ2v) is 3.76. The average Bonchev–Trinajstić information content (AvgIpc) is 2.48. The Balaban J connectivity index is 1.83. The van der Waals surface area contributed by atoms with Gasteiger partial charge in [0.25, 0.3) is 0 Å². The van der Waals surface area contributed by atoms with Crippen molar-refractivity contribution in [1.29, 1.82) is 0 Å². The molecular formula is C9H19N3. The van der Waals surface area contributed by atoms with Crippen LogP contribution < -0.4 is 5.32 Å². The maximum absolute atomic E-state index is 3.37. The Kier molecular flexibility index (Phi) is 2.98. The van der Waals surface area contributed by atoms with Crippen molar-refractivity contribution in [3.8, 4) is 0 Å². The van der Waals surface area contributed by atoms with Gasteiger partial charge in [-0.2, -0.15) is 0 Å². The first kappa shape index (κ1) is 8.48. The first-order valence-corrected chi connectivity index (χ1v) is 5.17. The molecule has 0 spiro atoms. The fraction of sp³-hybridized carbons (Fsp3) is 1.00. The van der Waals surface area contributed by atoms with Gasteiger partial charge in [0.1, 0.15) is 0 Å². The Bertz CT molecular complexity index is 124. The molecular weight excluding hydrogens is 150 g/mol. The molecule has 1 N–H and O–H groups in total. The van der Waals surface area contributed by atoms with Crippen LogP contribution in [0.3, 0.4) is 0 Å². The van der Waals surface area contributed by atoms with Gasteiger partial charge in [0, 0.05) is 26.2 Å². The van der Waals surface area contributed by atoms with Gasteiger partial charge in [-0.15, -0.1) is 0 Å². The highest BCUT2D eigenvalue weighted by Crippen LogP contribution is 2.12. The molecule has 0 unspecified atom stereocenters. The summed E-state index contributed by atoms with van der Waals surface area (Å²) in [5, 5.41) is 8.37. The molecule has 2 heterocycles. The third-order valence-corrected chi connectivity index (χ3v) is 2.82. The van der Waals surface area contributed by atoms with Crippen LogP contribution in [0, 0.1) is 0 Å². The van der Waals surface area contributed by atoms with Gasteiger partial charge in [0.05, 0.1) is 6.67 Å². The Hall–Kier alpha value is -0.120. The number of hydrazine groups is 1. The van der Waals surface area contributed by atoms with Crippen molar-refractivity contribution in [1.82, 2.24) is 15.3 Å². The molecule has 0 aromatic heterocycles. The number of hydrogen-bond acceptors (Lipinski definition) is 3. The first-order valence-electron chi connectivity index (χ1n) is 5.17. The maximum atomic E-state index is 3.37. The van der Waals surface area contributed by atoms with Crippen LogP contribution in [0.15, 0.2) is 0 Å². The third-order valence-electron chi connectivity index (χ3n) is 2.82. The molecule has 0 atom stereocenters. The predicted octanol–water partition coefficient (Wildman–Crippen LogP) is 0.640. The molecule has 2 aliphatic rings. The summed E-state index contributed by atoms with van der Waals surface area (Å²) in [4.78, 5) is 0. The van der Waals surface area contributed by atoms with E-state index in [1.54, 1.807) is 0 Å². The molecule has 2 fully saturated rings. The molecule has 2 rings (SSSR count). The zero-order valence-corrected chi connectivity index (χ0v) is 7.76. The zero-order chi connectivity index (χ0) is 8.23. The molecule has 0 saturated carbocycles. The molecule has 3 nitrogen and oxygen atoms in total. The molecule has 12 heavy (non-hydrogen) atoms. The van der Waals surface area contributed by atoms with Crippen LogP contribution in [-0.2, 0) is 0 Å². The van der Waals surface area contributed by atoms with Crippen molar-refractivity contribution in [3.63, 3.8) is 0 Å². The predicted molar refractivity (Wildman–Crippen MR) is 49.6 cm³/mol. The Morgan fingerprint density at radius 3 is 2.08 bits per heavy atom. The molecule has 3 heteroatoms. The van der Waals surface area contributed by atoms with Crippen molar-refractivity contribution in [2.24, 2.45) is 0 Å². The van der Waals surface area contributed by atoms with Crippen molar-refractivity contribution in [2.45, 2.75) is 25.7 Å². The lowest BCUT2D eigenvalue weighted by Gasteiger charge is -2.29. The van der Waals surface area contributed by atoms with Crippen LogP contribution >= 0.6 is 0 Å². The van der Waals surface area contributed by atoms with E-state index in [-0.39, 0.29) is 0 Å². The second kappa shape index (κ2) is 4.21. The quantitative estimate of drug-likeness (QED) is 0.621. The molecule has 0 radical (unpaired) electrons. The molecule has 0 amide bonds. The lowest BCUT2D eigenvalue weighted by atomic mass is 10.2. The van der Waals surface area contributed by atoms with Gasteiger partial charge in [0.15, 0.2) is 0 Å². The summed E-state index contributed by atoms with van der Waals surface area (Å²) in [5.74, 6) is 0. The van der Waals surface area contributed by atoms with Gasteiger partial charge in [-0.05, 0) is 12.8 Å². The van der Waals surface area contributed by atoms with Gasteiger partial charge < -0.3 is 5.32 Å². The van der Waals surface area contributed by atoms with Crippen molar-refractivity contribution in [2.75, 3.05) is 32.8 Å². The van der Waals surface area contributed by atoms with Crippen LogP contribution in [0.25, 0.3) is 0 Å². The van der Waals surface area contributed by atoms with E-state index < -0.39 is 0 Å². The summed E-state index contributed by atoms with van der Waals surface area (Å²) >= 11 is 0. The van der Waals surface area contributed by atoms with E-state index in [2.05, 4.69) is 15.3 Å². The normalized spacial score (nSPS) is 29.0. The minimum absolute atomic E-state index is 1.07. The Morgan fingerprint density at radius 2 is 1.50 bits per heavy atom. The van der Waals surface area contributed by atoms with E-state index >= 15 is 0 Å². The summed E-state index contributed by atoms with van der Waals surface area (Å²) in [5.41, 5.74) is 0. The SMILES string of the molecule is C1CCCN(N2CCNC2)CC1. The zero-order valence-electron chi connectivity index (χ0n) is 7.76. The molecule has 2 aliphatic heterocycles. The van der Waals surface area contributed by atoms with E-state index in [0.717, 1.165) is 13.2 Å². The fourth-order valence-electron chi connectivity index (χ4n) is 2.07. The van der Waals surface area contributed by atoms with Crippen molar-refractivity contribution < 1.29 is 0 Å². The van der Waals surface area contributed by atoms with Crippen LogP contribution in [-0.4, -0.2) is 42.9 Å². The summed E-state index contributed by atoms with van der Waals surface area (Å²) in [6, 6.07) is 0. The van der Waals surface area contributed by atoms with Crippen LogP contribution in [0.2, 0.25) is 0 Å². The summed E-state index contributed by atoms with van der Waals surface area (Å²) < 4.78 is 0. The van der Waals surface area contributed by atoms with Crippen molar-refractivity contribution in [3.05, 3.63) is 0 Å². The van der Waals surface area contributed by atoms with Crippen LogP contribution in [0.4, 0.5) is 0 Å². The number of nitrogens with zero attached hydrogens (tertiary/aromatic N) is 2. The first-order chi connectivity index (χ1) is 5.97. The van der Waals surface area contributed by atoms with Gasteiger partial charge >= 0.3 is 0 Å². The topological polar surface area (TPSA) is 18.5 Å². The standard InChI is InChI=1S/C9H19N3/c1-2-4-7-11(6-3-1)12-8-5-10-9-12/h10H,1-9H2. The van der Waals surface area contributed by atoms with E-state index in [0.29, 0.717) is 0 Å². The van der Waals surface area contributed by atoms with Crippen LogP contribution in [0.5, 0.6) is 0 Å². The van der Waals surface area contributed by atoms with Crippen molar-refractivity contribution >= 4 is 0 Å². The Morgan fingerprint density at radius 1 is 0.750 bits per heavy atom. The van der Waals surface area contributed by atoms with E-state index in [9.17, 15) is 0 Å². The molecule has 0 aliphatic carbocycles. The number of rotatable bonds is 1. The van der Waals surface area contributed by atoms with E-state index in [1.807, 2.05) is 0 Å². The fourth-order valence-corrected chi connectivity index (χ4v) is 2.07. The maximum Gasteiger partial charge on any atom is 0.0624 e. The minimum Gasteiger partial charge on any atom is -0.302 e. The van der Waals surface area contributed by atoms with Gasteiger partial charge in [-0.25, -0.2) is 10.0 Å². The molecule has 2 saturated heterocycles. The third kappa shape index (κ3) is 1.97.